The molecular formula is C24H20N2O2. The zero-order chi connectivity index (χ0) is 19.5. The molecule has 4 aromatic rings. The zero-order valence-electron chi connectivity index (χ0n) is 15.6. The third-order valence-electron chi connectivity index (χ3n) is 4.88. The lowest BCUT2D eigenvalue weighted by atomic mass is 9.98. The van der Waals surface area contributed by atoms with Crippen molar-refractivity contribution >= 4 is 5.69 Å². The Morgan fingerprint density at radius 1 is 0.821 bits per heavy atom. The van der Waals surface area contributed by atoms with Crippen LogP contribution in [0.5, 0.6) is 0 Å². The lowest BCUT2D eigenvalue weighted by molar-refractivity contribution is -0.384. The third kappa shape index (κ3) is 3.45. The number of aryl methyl sites for hydroxylation is 1. The van der Waals surface area contributed by atoms with Crippen LogP contribution in [-0.2, 0) is 6.54 Å². The first kappa shape index (κ1) is 17.7. The summed E-state index contributed by atoms with van der Waals surface area (Å²) in [7, 11) is 0. The summed E-state index contributed by atoms with van der Waals surface area (Å²) in [5, 5.41) is 11.0. The van der Waals surface area contributed by atoms with Crippen molar-refractivity contribution in [3.05, 3.63) is 112 Å². The van der Waals surface area contributed by atoms with E-state index >= 15 is 0 Å². The Balaban J connectivity index is 1.88. The number of benzene rings is 3. The molecule has 0 fully saturated rings. The Morgan fingerprint density at radius 3 is 2.04 bits per heavy atom. The van der Waals surface area contributed by atoms with Gasteiger partial charge in [0.05, 0.1) is 10.6 Å². The molecule has 0 saturated carbocycles. The fourth-order valence-electron chi connectivity index (χ4n) is 3.62. The molecule has 1 heterocycles. The molecule has 0 spiro atoms. The van der Waals surface area contributed by atoms with E-state index in [1.54, 1.807) is 12.1 Å². The molecule has 138 valence electrons. The molecule has 0 aliphatic heterocycles. The maximum absolute atomic E-state index is 11.0. The summed E-state index contributed by atoms with van der Waals surface area (Å²) in [5.74, 6) is 0. The van der Waals surface area contributed by atoms with E-state index in [4.69, 9.17) is 0 Å². The molecule has 0 bridgehead atoms. The molecule has 0 aliphatic rings. The van der Waals surface area contributed by atoms with E-state index in [0.29, 0.717) is 0 Å². The average molecular weight is 368 g/mol. The first-order valence-electron chi connectivity index (χ1n) is 9.17. The molecule has 4 rings (SSSR count). The molecule has 1 aromatic heterocycles. The van der Waals surface area contributed by atoms with Gasteiger partial charge < -0.3 is 4.57 Å². The molecule has 4 heteroatoms. The fraction of sp³-hybridized carbons (Fsp3) is 0.0833. The van der Waals surface area contributed by atoms with E-state index in [0.717, 1.165) is 28.9 Å². The van der Waals surface area contributed by atoms with E-state index in [-0.39, 0.29) is 10.6 Å². The van der Waals surface area contributed by atoms with E-state index in [1.807, 2.05) is 48.5 Å². The second kappa shape index (κ2) is 7.53. The molecule has 0 aliphatic carbocycles. The number of nitro benzene ring substituents is 1. The summed E-state index contributed by atoms with van der Waals surface area (Å²) in [6.45, 7) is 2.85. The van der Waals surface area contributed by atoms with Crippen molar-refractivity contribution in [2.24, 2.45) is 0 Å². The standard InChI is InChI=1S/C24H20N2O2/c1-18-16-25(17-19-8-4-2-5-9-19)24(23(18)20-10-6-3-7-11-20)21-12-14-22(15-13-21)26(27)28/h2-16H,17H2,1H3. The van der Waals surface area contributed by atoms with Crippen molar-refractivity contribution in [3.63, 3.8) is 0 Å². The quantitative estimate of drug-likeness (QED) is 0.316. The van der Waals surface area contributed by atoms with Crippen molar-refractivity contribution < 1.29 is 4.92 Å². The van der Waals surface area contributed by atoms with Crippen LogP contribution in [0.3, 0.4) is 0 Å². The van der Waals surface area contributed by atoms with Gasteiger partial charge in [-0.1, -0.05) is 60.7 Å². The van der Waals surface area contributed by atoms with Crippen LogP contribution in [0.4, 0.5) is 5.69 Å². The van der Waals surface area contributed by atoms with Gasteiger partial charge in [0.25, 0.3) is 5.69 Å². The van der Waals surface area contributed by atoms with Gasteiger partial charge in [-0.3, -0.25) is 10.1 Å². The van der Waals surface area contributed by atoms with Gasteiger partial charge >= 0.3 is 0 Å². The Bertz CT molecular complexity index is 1100. The first-order chi connectivity index (χ1) is 13.6. The molecule has 28 heavy (non-hydrogen) atoms. The van der Waals surface area contributed by atoms with Gasteiger partial charge in [0.15, 0.2) is 0 Å². The largest absolute Gasteiger partial charge is 0.342 e. The highest BCUT2D eigenvalue weighted by Gasteiger charge is 2.18. The number of rotatable bonds is 5. The Morgan fingerprint density at radius 2 is 1.43 bits per heavy atom. The summed E-state index contributed by atoms with van der Waals surface area (Å²) in [6.07, 6.45) is 2.16. The van der Waals surface area contributed by atoms with Crippen molar-refractivity contribution in [1.82, 2.24) is 4.57 Å². The van der Waals surface area contributed by atoms with Gasteiger partial charge in [0, 0.05) is 30.4 Å². The molecule has 0 N–H and O–H groups in total. The van der Waals surface area contributed by atoms with Crippen LogP contribution < -0.4 is 0 Å². The summed E-state index contributed by atoms with van der Waals surface area (Å²) >= 11 is 0. The molecule has 0 radical (unpaired) electrons. The second-order valence-corrected chi connectivity index (χ2v) is 6.82. The van der Waals surface area contributed by atoms with Crippen LogP contribution in [0.2, 0.25) is 0 Å². The molecular weight excluding hydrogens is 348 g/mol. The SMILES string of the molecule is Cc1cn(Cc2ccccc2)c(-c2ccc([N+](=O)[O-])cc2)c1-c1ccccc1. The summed E-state index contributed by atoms with van der Waals surface area (Å²) in [5.41, 5.74) is 6.82. The van der Waals surface area contributed by atoms with Gasteiger partial charge in [-0.05, 0) is 41.3 Å². The van der Waals surface area contributed by atoms with Crippen molar-refractivity contribution in [2.75, 3.05) is 0 Å². The predicted octanol–water partition coefficient (Wildman–Crippen LogP) is 6.09. The van der Waals surface area contributed by atoms with Crippen LogP contribution in [0.25, 0.3) is 22.4 Å². The fourth-order valence-corrected chi connectivity index (χ4v) is 3.62. The van der Waals surface area contributed by atoms with Crippen molar-refractivity contribution in [3.8, 4) is 22.4 Å². The number of aromatic nitrogens is 1. The van der Waals surface area contributed by atoms with Crippen LogP contribution in [-0.4, -0.2) is 9.49 Å². The van der Waals surface area contributed by atoms with E-state index in [2.05, 4.69) is 42.0 Å². The third-order valence-corrected chi connectivity index (χ3v) is 4.88. The first-order valence-corrected chi connectivity index (χ1v) is 9.17. The van der Waals surface area contributed by atoms with Crippen LogP contribution in [0.1, 0.15) is 11.1 Å². The van der Waals surface area contributed by atoms with Crippen molar-refractivity contribution in [2.45, 2.75) is 13.5 Å². The maximum atomic E-state index is 11.0. The number of non-ortho nitro benzene ring substituents is 1. The highest BCUT2D eigenvalue weighted by Crippen LogP contribution is 2.37. The molecule has 0 unspecified atom stereocenters. The second-order valence-electron chi connectivity index (χ2n) is 6.82. The summed E-state index contributed by atoms with van der Waals surface area (Å²) in [6, 6.07) is 27.4. The van der Waals surface area contributed by atoms with Gasteiger partial charge in [-0.25, -0.2) is 0 Å². The molecule has 0 saturated heterocycles. The zero-order valence-corrected chi connectivity index (χ0v) is 15.6. The lowest BCUT2D eigenvalue weighted by Gasteiger charge is -2.13. The van der Waals surface area contributed by atoms with Crippen LogP contribution in [0.15, 0.2) is 91.1 Å². The topological polar surface area (TPSA) is 48.1 Å². The normalized spacial score (nSPS) is 10.8. The van der Waals surface area contributed by atoms with E-state index < -0.39 is 0 Å². The maximum Gasteiger partial charge on any atom is 0.269 e. The number of nitro groups is 1. The predicted molar refractivity (Wildman–Crippen MR) is 112 cm³/mol. The summed E-state index contributed by atoms with van der Waals surface area (Å²) in [4.78, 5) is 10.7. The molecule has 0 amide bonds. The number of nitrogens with zero attached hydrogens (tertiary/aromatic N) is 2. The number of hydrogen-bond donors (Lipinski definition) is 0. The van der Waals surface area contributed by atoms with Gasteiger partial charge in [-0.15, -0.1) is 0 Å². The molecule has 0 atom stereocenters. The van der Waals surface area contributed by atoms with Gasteiger partial charge in [0.2, 0.25) is 0 Å². The van der Waals surface area contributed by atoms with Crippen LogP contribution >= 0.6 is 0 Å². The monoisotopic (exact) mass is 368 g/mol. The lowest BCUT2D eigenvalue weighted by Crippen LogP contribution is -2.01. The highest BCUT2D eigenvalue weighted by molar-refractivity contribution is 5.84. The van der Waals surface area contributed by atoms with E-state index in [1.165, 1.54) is 11.1 Å². The molecule has 4 nitrogen and oxygen atoms in total. The minimum absolute atomic E-state index is 0.0999. The van der Waals surface area contributed by atoms with E-state index in [9.17, 15) is 10.1 Å². The van der Waals surface area contributed by atoms with Crippen molar-refractivity contribution in [1.29, 1.82) is 0 Å². The minimum atomic E-state index is -0.365. The Kier molecular flexibility index (Phi) is 4.77. The molecule has 3 aromatic carbocycles. The van der Waals surface area contributed by atoms with Gasteiger partial charge in [0.1, 0.15) is 0 Å². The Labute approximate surface area is 163 Å². The smallest absolute Gasteiger partial charge is 0.269 e. The minimum Gasteiger partial charge on any atom is -0.342 e. The Hall–Kier alpha value is -3.66. The van der Waals surface area contributed by atoms with Crippen LogP contribution in [0, 0.1) is 17.0 Å². The van der Waals surface area contributed by atoms with Gasteiger partial charge in [-0.2, -0.15) is 0 Å². The highest BCUT2D eigenvalue weighted by atomic mass is 16.6. The summed E-state index contributed by atoms with van der Waals surface area (Å²) < 4.78 is 2.23. The number of hydrogen-bond acceptors (Lipinski definition) is 2. The average Bonchev–Trinajstić information content (AvgIpc) is 3.05.